The highest BCUT2D eigenvalue weighted by Crippen LogP contribution is 2.22. The van der Waals surface area contributed by atoms with Crippen LogP contribution in [0.2, 0.25) is 4.47 Å². The van der Waals surface area contributed by atoms with Gasteiger partial charge in [0.15, 0.2) is 15.9 Å². The summed E-state index contributed by atoms with van der Waals surface area (Å²) in [5.74, 6) is -1.57. The molecule has 4 nitrogen and oxygen atoms in total. The van der Waals surface area contributed by atoms with Crippen molar-refractivity contribution in [3.63, 3.8) is 0 Å². The molecule has 0 aromatic carbocycles. The summed E-state index contributed by atoms with van der Waals surface area (Å²) in [5, 5.41) is 8.56. The van der Waals surface area contributed by atoms with E-state index in [0.29, 0.717) is 0 Å². The van der Waals surface area contributed by atoms with E-state index < -0.39 is 5.97 Å². The largest absolute Gasteiger partial charge is 0.476 e. The Morgan fingerprint density at radius 1 is 1.58 bits per heavy atom. The van der Waals surface area contributed by atoms with Gasteiger partial charge in [0.05, 0.1) is 0 Å². The van der Waals surface area contributed by atoms with E-state index >= 15 is 0 Å². The highest BCUT2D eigenvalue weighted by Gasteiger charge is 2.19. The lowest BCUT2D eigenvalue weighted by molar-refractivity contribution is 0.0687. The maximum absolute atomic E-state index is 10.8. The smallest absolute Gasteiger partial charge is 0.356 e. The predicted octanol–water partition coefficient (Wildman–Crippen LogP) is 1.70. The highest BCUT2D eigenvalue weighted by atomic mass is 35.5. The van der Waals surface area contributed by atoms with Crippen molar-refractivity contribution in [1.29, 1.82) is 0 Å². The Morgan fingerprint density at radius 3 is 2.50 bits per heavy atom. The fourth-order valence-electron chi connectivity index (χ4n) is 0.678. The minimum absolute atomic E-state index is 0.0672. The number of carbonyl (C=O) groups is 2. The van der Waals surface area contributed by atoms with Crippen molar-refractivity contribution < 1.29 is 14.7 Å². The van der Waals surface area contributed by atoms with E-state index in [1.807, 2.05) is 0 Å². The van der Waals surface area contributed by atoms with Crippen LogP contribution in [-0.4, -0.2) is 21.8 Å². The van der Waals surface area contributed by atoms with Crippen LogP contribution in [0.1, 0.15) is 27.1 Å². The number of carboxylic acids is 1. The number of aromatic carboxylic acids is 1. The molecule has 1 aromatic rings. The summed E-state index contributed by atoms with van der Waals surface area (Å²) < 4.78 is 0.0672. The van der Waals surface area contributed by atoms with Crippen LogP contribution in [0.5, 0.6) is 0 Å². The zero-order chi connectivity index (χ0) is 9.30. The molecule has 0 saturated carbocycles. The first-order chi connectivity index (χ1) is 5.52. The van der Waals surface area contributed by atoms with Gasteiger partial charge in [0.2, 0.25) is 0 Å². The van der Waals surface area contributed by atoms with Crippen molar-refractivity contribution >= 4 is 34.7 Å². The van der Waals surface area contributed by atoms with Gasteiger partial charge in [-0.2, -0.15) is 0 Å². The summed E-state index contributed by atoms with van der Waals surface area (Å²) >= 11 is 6.32. The van der Waals surface area contributed by atoms with Gasteiger partial charge in [-0.05, 0) is 0 Å². The van der Waals surface area contributed by atoms with Crippen molar-refractivity contribution in [3.8, 4) is 0 Å². The number of thiazole rings is 1. The quantitative estimate of drug-likeness (QED) is 0.747. The van der Waals surface area contributed by atoms with Gasteiger partial charge in [0.25, 0.3) is 0 Å². The number of rotatable bonds is 2. The molecule has 1 N–H and O–H groups in total. The number of carbonyl (C=O) groups excluding carboxylic acids is 1. The number of ketones is 1. The first-order valence-electron chi connectivity index (χ1n) is 2.93. The molecule has 12 heavy (non-hydrogen) atoms. The van der Waals surface area contributed by atoms with Gasteiger partial charge in [-0.1, -0.05) is 22.9 Å². The van der Waals surface area contributed by atoms with Gasteiger partial charge < -0.3 is 5.11 Å². The van der Waals surface area contributed by atoms with E-state index in [9.17, 15) is 9.59 Å². The van der Waals surface area contributed by atoms with Crippen LogP contribution in [0.4, 0.5) is 0 Å². The summed E-state index contributed by atoms with van der Waals surface area (Å²) in [6.07, 6.45) is 0. The molecule has 1 rings (SSSR count). The predicted molar refractivity (Wildman–Crippen MR) is 44.1 cm³/mol. The van der Waals surface area contributed by atoms with Crippen LogP contribution in [0.25, 0.3) is 0 Å². The number of hydrogen-bond donors (Lipinski definition) is 1. The molecule has 0 bridgehead atoms. The van der Waals surface area contributed by atoms with Gasteiger partial charge in [-0.25, -0.2) is 9.78 Å². The molecular formula is C6H4ClNO3S. The average Bonchev–Trinajstić information content (AvgIpc) is 2.31. The lowest BCUT2D eigenvalue weighted by atomic mass is 10.3. The first-order valence-corrected chi connectivity index (χ1v) is 4.12. The zero-order valence-electron chi connectivity index (χ0n) is 6.00. The molecule has 0 saturated heterocycles. The molecule has 0 aliphatic heterocycles. The maximum Gasteiger partial charge on any atom is 0.356 e. The van der Waals surface area contributed by atoms with Crippen LogP contribution in [0, 0.1) is 0 Å². The van der Waals surface area contributed by atoms with Crippen molar-refractivity contribution in [1.82, 2.24) is 4.98 Å². The lowest BCUT2D eigenvalue weighted by Crippen LogP contribution is -2.03. The monoisotopic (exact) mass is 205 g/mol. The number of aromatic nitrogens is 1. The van der Waals surface area contributed by atoms with Gasteiger partial charge >= 0.3 is 5.97 Å². The van der Waals surface area contributed by atoms with Gasteiger partial charge in [0, 0.05) is 6.92 Å². The lowest BCUT2D eigenvalue weighted by Gasteiger charge is -1.88. The first kappa shape index (κ1) is 9.15. The third-order valence-electron chi connectivity index (χ3n) is 1.12. The molecule has 6 heteroatoms. The van der Waals surface area contributed by atoms with E-state index in [-0.39, 0.29) is 20.8 Å². The van der Waals surface area contributed by atoms with E-state index in [1.54, 1.807) is 0 Å². The van der Waals surface area contributed by atoms with E-state index in [4.69, 9.17) is 16.7 Å². The molecule has 0 aliphatic carbocycles. The second-order valence-electron chi connectivity index (χ2n) is 2.01. The Bertz CT molecular complexity index is 315. The van der Waals surface area contributed by atoms with E-state index in [1.165, 1.54) is 6.92 Å². The minimum atomic E-state index is -1.23. The normalized spacial score (nSPS) is 9.83. The number of halogens is 1. The topological polar surface area (TPSA) is 67.3 Å². The number of nitrogens with zero attached hydrogens (tertiary/aromatic N) is 1. The van der Waals surface area contributed by atoms with Crippen molar-refractivity contribution in [2.24, 2.45) is 0 Å². The molecule has 1 aromatic heterocycles. The zero-order valence-corrected chi connectivity index (χ0v) is 7.57. The molecule has 0 fully saturated rings. The van der Waals surface area contributed by atoms with Crippen LogP contribution in [0.3, 0.4) is 0 Å². The molecule has 0 spiro atoms. The average molecular weight is 206 g/mol. The van der Waals surface area contributed by atoms with Crippen LogP contribution >= 0.6 is 22.9 Å². The van der Waals surface area contributed by atoms with Crippen LogP contribution in [-0.2, 0) is 0 Å². The Balaban J connectivity index is 3.26. The Hall–Kier alpha value is -0.940. The summed E-state index contributed by atoms with van der Waals surface area (Å²) in [4.78, 5) is 24.9. The van der Waals surface area contributed by atoms with Crippen molar-refractivity contribution in [3.05, 3.63) is 15.0 Å². The molecule has 64 valence electrons. The molecule has 0 unspecified atom stereocenters. The molecule has 0 aliphatic rings. The number of Topliss-reactive ketones (excluding diaryl/α,β-unsaturated/α-hetero) is 1. The van der Waals surface area contributed by atoms with Gasteiger partial charge in [-0.3, -0.25) is 4.79 Å². The van der Waals surface area contributed by atoms with Crippen LogP contribution in [0.15, 0.2) is 0 Å². The molecule has 0 radical (unpaired) electrons. The Morgan fingerprint density at radius 2 is 2.17 bits per heavy atom. The van der Waals surface area contributed by atoms with E-state index in [2.05, 4.69) is 4.98 Å². The summed E-state index contributed by atoms with van der Waals surface area (Å²) in [6, 6.07) is 0. The Kier molecular flexibility index (Phi) is 2.44. The minimum Gasteiger partial charge on any atom is -0.476 e. The molecule has 1 heterocycles. The standard InChI is InChI=1S/C6H4ClNO3S/c1-2(9)4-3(5(10)11)8-6(7)12-4/h1H3,(H,10,11). The molecular weight excluding hydrogens is 202 g/mol. The summed E-state index contributed by atoms with van der Waals surface area (Å²) in [5.41, 5.74) is -0.266. The second kappa shape index (κ2) is 3.20. The summed E-state index contributed by atoms with van der Waals surface area (Å²) in [7, 11) is 0. The Labute approximate surface area is 76.8 Å². The second-order valence-corrected chi connectivity index (χ2v) is 3.59. The fourth-order valence-corrected chi connectivity index (χ4v) is 1.67. The van der Waals surface area contributed by atoms with Crippen molar-refractivity contribution in [2.75, 3.05) is 0 Å². The van der Waals surface area contributed by atoms with Crippen LogP contribution < -0.4 is 0 Å². The van der Waals surface area contributed by atoms with Gasteiger partial charge in [0.1, 0.15) is 4.88 Å². The number of carboxylic acid groups (broad SMARTS) is 1. The highest BCUT2D eigenvalue weighted by molar-refractivity contribution is 7.17. The SMILES string of the molecule is CC(=O)c1sc(Cl)nc1C(=O)O. The molecule has 0 amide bonds. The third-order valence-corrected chi connectivity index (χ3v) is 2.38. The van der Waals surface area contributed by atoms with Crippen molar-refractivity contribution in [2.45, 2.75) is 6.92 Å². The fraction of sp³-hybridized carbons (Fsp3) is 0.167. The third kappa shape index (κ3) is 1.62. The number of hydrogen-bond acceptors (Lipinski definition) is 4. The van der Waals surface area contributed by atoms with E-state index in [0.717, 1.165) is 11.3 Å². The van der Waals surface area contributed by atoms with Gasteiger partial charge in [-0.15, -0.1) is 0 Å². The maximum atomic E-state index is 10.8. The summed E-state index contributed by atoms with van der Waals surface area (Å²) in [6.45, 7) is 1.27. The molecule has 0 atom stereocenters.